The number of aromatic nitrogens is 1. The van der Waals surface area contributed by atoms with Crippen molar-refractivity contribution in [1.29, 1.82) is 0 Å². The Balaban J connectivity index is 2.08. The maximum atomic E-state index is 4.84. The summed E-state index contributed by atoms with van der Waals surface area (Å²) in [6, 6.07) is 21.1. The predicted molar refractivity (Wildman–Crippen MR) is 89.3 cm³/mol. The van der Waals surface area contributed by atoms with E-state index in [1.807, 2.05) is 0 Å². The molecule has 0 aliphatic heterocycles. The molecule has 1 heteroatoms. The van der Waals surface area contributed by atoms with Crippen molar-refractivity contribution in [2.75, 3.05) is 0 Å². The molecule has 3 rings (SSSR count). The highest BCUT2D eigenvalue weighted by atomic mass is 14.7. The topological polar surface area (TPSA) is 12.9 Å². The maximum Gasteiger partial charge on any atom is 0.0712 e. The van der Waals surface area contributed by atoms with Crippen molar-refractivity contribution in [2.24, 2.45) is 0 Å². The Morgan fingerprint density at radius 3 is 2.14 bits per heavy atom. The molecule has 0 radical (unpaired) electrons. The van der Waals surface area contributed by atoms with Crippen LogP contribution < -0.4 is 0 Å². The first-order valence-corrected chi connectivity index (χ1v) is 7.26. The van der Waals surface area contributed by atoms with Gasteiger partial charge in [0.2, 0.25) is 0 Å². The zero-order valence-corrected chi connectivity index (χ0v) is 12.7. The minimum Gasteiger partial charge on any atom is -0.248 e. The lowest BCUT2D eigenvalue weighted by atomic mass is 10.0. The fourth-order valence-corrected chi connectivity index (χ4v) is 2.51. The average Bonchev–Trinajstić information content (AvgIpc) is 2.51. The molecule has 3 aromatic rings. The largest absolute Gasteiger partial charge is 0.248 e. The number of hydrogen-bond donors (Lipinski definition) is 0. The molecule has 0 aliphatic carbocycles. The van der Waals surface area contributed by atoms with Crippen molar-refractivity contribution in [3.63, 3.8) is 0 Å². The zero-order chi connectivity index (χ0) is 14.8. The second-order valence-corrected chi connectivity index (χ2v) is 5.52. The molecule has 0 spiro atoms. The van der Waals surface area contributed by atoms with Crippen molar-refractivity contribution >= 4 is 0 Å². The van der Waals surface area contributed by atoms with Gasteiger partial charge in [0.15, 0.2) is 0 Å². The molecule has 104 valence electrons. The number of benzene rings is 2. The van der Waals surface area contributed by atoms with E-state index in [4.69, 9.17) is 4.98 Å². The third-order valence-corrected chi connectivity index (χ3v) is 3.97. The van der Waals surface area contributed by atoms with Crippen molar-refractivity contribution in [1.82, 2.24) is 4.98 Å². The second kappa shape index (κ2) is 5.53. The number of pyridine rings is 1. The van der Waals surface area contributed by atoms with Gasteiger partial charge in [0.1, 0.15) is 0 Å². The fourth-order valence-electron chi connectivity index (χ4n) is 2.51. The molecular weight excluding hydrogens is 254 g/mol. The van der Waals surface area contributed by atoms with E-state index in [2.05, 4.69) is 81.4 Å². The van der Waals surface area contributed by atoms with Crippen LogP contribution in [0.15, 0.2) is 60.7 Å². The van der Waals surface area contributed by atoms with Crippen molar-refractivity contribution in [2.45, 2.75) is 20.8 Å². The van der Waals surface area contributed by atoms with Gasteiger partial charge < -0.3 is 0 Å². The van der Waals surface area contributed by atoms with Gasteiger partial charge in [-0.3, -0.25) is 0 Å². The standard InChI is InChI=1S/C20H19N/c1-14-11-12-17(13-16(14)3)19-9-6-10-20(21-19)18-8-5-4-7-15(18)2/h4-13H,1-3H3. The van der Waals surface area contributed by atoms with Gasteiger partial charge >= 0.3 is 0 Å². The quantitative estimate of drug-likeness (QED) is 0.614. The predicted octanol–water partition coefficient (Wildman–Crippen LogP) is 5.34. The van der Waals surface area contributed by atoms with Crippen LogP contribution in [0.5, 0.6) is 0 Å². The summed E-state index contributed by atoms with van der Waals surface area (Å²) in [5, 5.41) is 0. The Labute approximate surface area is 126 Å². The van der Waals surface area contributed by atoms with E-state index in [0.29, 0.717) is 0 Å². The minimum atomic E-state index is 1.03. The molecule has 1 heterocycles. The van der Waals surface area contributed by atoms with Crippen molar-refractivity contribution in [3.05, 3.63) is 77.4 Å². The van der Waals surface area contributed by atoms with Gasteiger partial charge in [0.25, 0.3) is 0 Å². The van der Waals surface area contributed by atoms with Crippen LogP contribution in [0.25, 0.3) is 22.5 Å². The fraction of sp³-hybridized carbons (Fsp3) is 0.150. The summed E-state index contributed by atoms with van der Waals surface area (Å²) in [6.07, 6.45) is 0. The molecule has 1 nitrogen and oxygen atoms in total. The zero-order valence-electron chi connectivity index (χ0n) is 12.7. The molecule has 21 heavy (non-hydrogen) atoms. The summed E-state index contributed by atoms with van der Waals surface area (Å²) < 4.78 is 0. The first-order valence-electron chi connectivity index (χ1n) is 7.26. The van der Waals surface area contributed by atoms with Gasteiger partial charge in [-0.05, 0) is 55.7 Å². The summed E-state index contributed by atoms with van der Waals surface area (Å²) >= 11 is 0. The molecule has 0 aliphatic rings. The van der Waals surface area contributed by atoms with E-state index in [1.165, 1.54) is 27.8 Å². The van der Waals surface area contributed by atoms with Crippen LogP contribution in [0.2, 0.25) is 0 Å². The Hall–Kier alpha value is -2.41. The SMILES string of the molecule is Cc1ccc(-c2cccc(-c3ccccc3C)n2)cc1C. The van der Waals surface area contributed by atoms with E-state index in [0.717, 1.165) is 11.4 Å². The summed E-state index contributed by atoms with van der Waals surface area (Å²) in [4.78, 5) is 4.84. The summed E-state index contributed by atoms with van der Waals surface area (Å²) in [6.45, 7) is 6.40. The highest BCUT2D eigenvalue weighted by molar-refractivity contribution is 5.68. The number of aryl methyl sites for hydroxylation is 3. The molecule has 2 aromatic carbocycles. The van der Waals surface area contributed by atoms with Crippen LogP contribution >= 0.6 is 0 Å². The number of nitrogens with zero attached hydrogens (tertiary/aromatic N) is 1. The van der Waals surface area contributed by atoms with Gasteiger partial charge in [0.05, 0.1) is 11.4 Å². The number of hydrogen-bond acceptors (Lipinski definition) is 1. The second-order valence-electron chi connectivity index (χ2n) is 5.52. The lowest BCUT2D eigenvalue weighted by Crippen LogP contribution is -1.91. The molecule has 0 saturated carbocycles. The monoisotopic (exact) mass is 273 g/mol. The summed E-state index contributed by atoms with van der Waals surface area (Å²) in [5.74, 6) is 0. The van der Waals surface area contributed by atoms with Crippen LogP contribution in [-0.4, -0.2) is 4.98 Å². The first-order chi connectivity index (χ1) is 10.1. The molecular formula is C20H19N. The smallest absolute Gasteiger partial charge is 0.0712 e. The van der Waals surface area contributed by atoms with Crippen LogP contribution in [0.3, 0.4) is 0 Å². The summed E-state index contributed by atoms with van der Waals surface area (Å²) in [5.41, 5.74) is 8.30. The van der Waals surface area contributed by atoms with Crippen LogP contribution in [0.4, 0.5) is 0 Å². The Morgan fingerprint density at radius 1 is 0.619 bits per heavy atom. The van der Waals surface area contributed by atoms with E-state index < -0.39 is 0 Å². The van der Waals surface area contributed by atoms with E-state index >= 15 is 0 Å². The van der Waals surface area contributed by atoms with Gasteiger partial charge in [-0.25, -0.2) is 4.98 Å². The van der Waals surface area contributed by atoms with Crippen LogP contribution in [0, 0.1) is 20.8 Å². The van der Waals surface area contributed by atoms with Gasteiger partial charge in [-0.1, -0.05) is 42.5 Å². The molecule has 0 unspecified atom stereocenters. The number of rotatable bonds is 2. The third-order valence-electron chi connectivity index (χ3n) is 3.97. The van der Waals surface area contributed by atoms with Crippen LogP contribution in [-0.2, 0) is 0 Å². The average molecular weight is 273 g/mol. The van der Waals surface area contributed by atoms with Crippen molar-refractivity contribution < 1.29 is 0 Å². The Bertz CT molecular complexity index is 787. The molecule has 1 aromatic heterocycles. The van der Waals surface area contributed by atoms with Crippen LogP contribution in [0.1, 0.15) is 16.7 Å². The molecule has 0 saturated heterocycles. The molecule has 0 N–H and O–H groups in total. The Kier molecular flexibility index (Phi) is 3.57. The molecule has 0 bridgehead atoms. The van der Waals surface area contributed by atoms with E-state index in [-0.39, 0.29) is 0 Å². The highest BCUT2D eigenvalue weighted by Crippen LogP contribution is 2.25. The van der Waals surface area contributed by atoms with E-state index in [1.54, 1.807) is 0 Å². The molecule has 0 atom stereocenters. The van der Waals surface area contributed by atoms with Gasteiger partial charge in [-0.2, -0.15) is 0 Å². The maximum absolute atomic E-state index is 4.84. The lowest BCUT2D eigenvalue weighted by Gasteiger charge is -2.09. The highest BCUT2D eigenvalue weighted by Gasteiger charge is 2.06. The Morgan fingerprint density at radius 2 is 1.38 bits per heavy atom. The molecule has 0 fully saturated rings. The summed E-state index contributed by atoms with van der Waals surface area (Å²) in [7, 11) is 0. The molecule has 0 amide bonds. The van der Waals surface area contributed by atoms with Gasteiger partial charge in [-0.15, -0.1) is 0 Å². The normalized spacial score (nSPS) is 10.6. The van der Waals surface area contributed by atoms with E-state index in [9.17, 15) is 0 Å². The lowest BCUT2D eigenvalue weighted by molar-refractivity contribution is 1.28. The third kappa shape index (κ3) is 2.73. The minimum absolute atomic E-state index is 1.03. The van der Waals surface area contributed by atoms with Crippen molar-refractivity contribution in [3.8, 4) is 22.5 Å². The first kappa shape index (κ1) is 13.6. The van der Waals surface area contributed by atoms with Gasteiger partial charge in [0, 0.05) is 11.1 Å².